The monoisotopic (exact) mass is 262 g/mol. The quantitative estimate of drug-likeness (QED) is 0.484. The number of para-hydroxylation sites is 2. The van der Waals surface area contributed by atoms with E-state index >= 15 is 0 Å². The van der Waals surface area contributed by atoms with Crippen LogP contribution in [0.2, 0.25) is 0 Å². The summed E-state index contributed by atoms with van der Waals surface area (Å²) in [4.78, 5) is 16.2. The molecule has 2 unspecified atom stereocenters. The summed E-state index contributed by atoms with van der Waals surface area (Å²) in [6, 6.07) is 8.40. The summed E-state index contributed by atoms with van der Waals surface area (Å²) in [6.45, 7) is 5.85. The highest BCUT2D eigenvalue weighted by atomic mass is 16.2. The number of nitrogens with one attached hydrogen (secondary N) is 1. The Morgan fingerprint density at radius 3 is 2.53 bits per heavy atom. The van der Waals surface area contributed by atoms with Crippen LogP contribution in [0.1, 0.15) is 13.8 Å². The third-order valence-electron chi connectivity index (χ3n) is 4.05. The van der Waals surface area contributed by atoms with E-state index in [4.69, 9.17) is 5.84 Å². The molecule has 1 amide bonds. The summed E-state index contributed by atoms with van der Waals surface area (Å²) in [5.74, 6) is 4.96. The third-order valence-corrected chi connectivity index (χ3v) is 4.05. The van der Waals surface area contributed by atoms with E-state index in [1.165, 1.54) is 11.4 Å². The number of amides is 1. The van der Waals surface area contributed by atoms with Gasteiger partial charge in [0.2, 0.25) is 5.91 Å². The molecule has 1 aromatic carbocycles. The number of likely N-dealkylation sites (N-methyl/N-ethyl adjacent to an activating group) is 1. The van der Waals surface area contributed by atoms with Gasteiger partial charge in [-0.2, -0.15) is 0 Å². The fourth-order valence-electron chi connectivity index (χ4n) is 2.57. The molecule has 19 heavy (non-hydrogen) atoms. The molecule has 3 N–H and O–H groups in total. The Bertz CT molecular complexity index is 463. The van der Waals surface area contributed by atoms with Crippen molar-refractivity contribution in [3.05, 3.63) is 24.3 Å². The lowest BCUT2D eigenvalue weighted by Crippen LogP contribution is -2.50. The first-order valence-electron chi connectivity index (χ1n) is 6.63. The second-order valence-electron chi connectivity index (χ2n) is 5.14. The van der Waals surface area contributed by atoms with Crippen molar-refractivity contribution in [1.29, 1.82) is 0 Å². The predicted octanol–water partition coefficient (Wildman–Crippen LogP) is 0.957. The summed E-state index contributed by atoms with van der Waals surface area (Å²) in [5.41, 5.74) is 4.63. The summed E-state index contributed by atoms with van der Waals surface area (Å²) >= 11 is 0. The second kappa shape index (κ2) is 5.48. The molecule has 0 aromatic heterocycles. The molecule has 0 fully saturated rings. The predicted molar refractivity (Wildman–Crippen MR) is 78.0 cm³/mol. The molecule has 5 heteroatoms. The molecule has 1 aromatic rings. The lowest BCUT2D eigenvalue weighted by molar-refractivity contribution is -0.125. The van der Waals surface area contributed by atoms with Crippen LogP contribution in [0.5, 0.6) is 0 Å². The van der Waals surface area contributed by atoms with E-state index < -0.39 is 0 Å². The van der Waals surface area contributed by atoms with Gasteiger partial charge in [0.1, 0.15) is 0 Å². The topological polar surface area (TPSA) is 61.6 Å². The van der Waals surface area contributed by atoms with E-state index in [0.717, 1.165) is 13.1 Å². The molecule has 0 spiro atoms. The first-order valence-corrected chi connectivity index (χ1v) is 6.63. The largest absolute Gasteiger partial charge is 0.371 e. The Balaban J connectivity index is 2.27. The van der Waals surface area contributed by atoms with Crippen molar-refractivity contribution < 1.29 is 4.79 Å². The van der Waals surface area contributed by atoms with Gasteiger partial charge in [0.15, 0.2) is 0 Å². The maximum atomic E-state index is 11.7. The number of anilines is 2. The van der Waals surface area contributed by atoms with E-state index in [1.807, 2.05) is 19.1 Å². The zero-order valence-corrected chi connectivity index (χ0v) is 11.8. The number of hydrogen-bond donors (Lipinski definition) is 2. The first kappa shape index (κ1) is 13.7. The summed E-state index contributed by atoms with van der Waals surface area (Å²) in [7, 11) is 2.09. The molecule has 0 aliphatic carbocycles. The molecular weight excluding hydrogens is 240 g/mol. The van der Waals surface area contributed by atoms with Crippen LogP contribution < -0.4 is 21.1 Å². The average Bonchev–Trinajstić information content (AvgIpc) is 2.45. The normalized spacial score (nSPS) is 17.7. The first-order chi connectivity index (χ1) is 9.06. The van der Waals surface area contributed by atoms with Gasteiger partial charge in [-0.05, 0) is 19.1 Å². The Kier molecular flexibility index (Phi) is 3.95. The highest BCUT2D eigenvalue weighted by Gasteiger charge is 2.29. The van der Waals surface area contributed by atoms with Gasteiger partial charge in [-0.25, -0.2) is 5.84 Å². The fraction of sp³-hybridized carbons (Fsp3) is 0.500. The van der Waals surface area contributed by atoms with E-state index in [9.17, 15) is 4.79 Å². The van der Waals surface area contributed by atoms with Crippen molar-refractivity contribution in [3.63, 3.8) is 0 Å². The van der Waals surface area contributed by atoms with Crippen LogP contribution in [0.15, 0.2) is 24.3 Å². The Morgan fingerprint density at radius 1 is 1.26 bits per heavy atom. The molecule has 2 atom stereocenters. The lowest BCUT2D eigenvalue weighted by Gasteiger charge is -2.42. The molecule has 1 heterocycles. The fourth-order valence-corrected chi connectivity index (χ4v) is 2.57. The molecule has 0 bridgehead atoms. The summed E-state index contributed by atoms with van der Waals surface area (Å²) < 4.78 is 0. The zero-order valence-electron chi connectivity index (χ0n) is 11.8. The molecular formula is C14H22N4O. The average molecular weight is 262 g/mol. The minimum absolute atomic E-state index is 0.110. The molecule has 0 saturated carbocycles. The van der Waals surface area contributed by atoms with Gasteiger partial charge in [0.25, 0.3) is 0 Å². The van der Waals surface area contributed by atoms with E-state index in [0.29, 0.717) is 0 Å². The number of benzene rings is 1. The summed E-state index contributed by atoms with van der Waals surface area (Å²) in [5, 5.41) is 0. The number of fused-ring (bicyclic) bond motifs is 1. The maximum Gasteiger partial charge on any atom is 0.238 e. The molecule has 104 valence electrons. The van der Waals surface area contributed by atoms with Crippen LogP contribution in [0.25, 0.3) is 0 Å². The van der Waals surface area contributed by atoms with Gasteiger partial charge in [-0.3, -0.25) is 10.2 Å². The SMILES string of the molecule is CC(C(=O)NN)C(C)N1CCN(C)c2ccccc21. The molecule has 1 aliphatic heterocycles. The lowest BCUT2D eigenvalue weighted by atomic mass is 9.99. The molecule has 0 saturated heterocycles. The number of carbonyl (C=O) groups is 1. The molecule has 1 aliphatic rings. The van der Waals surface area contributed by atoms with Crippen LogP contribution in [-0.4, -0.2) is 32.1 Å². The van der Waals surface area contributed by atoms with E-state index in [2.05, 4.69) is 41.3 Å². The Labute approximate surface area is 114 Å². The Hall–Kier alpha value is -1.75. The molecule has 2 rings (SSSR count). The van der Waals surface area contributed by atoms with Gasteiger partial charge < -0.3 is 9.80 Å². The van der Waals surface area contributed by atoms with Crippen molar-refractivity contribution in [1.82, 2.24) is 5.43 Å². The van der Waals surface area contributed by atoms with Gasteiger partial charge >= 0.3 is 0 Å². The van der Waals surface area contributed by atoms with Crippen molar-refractivity contribution in [2.45, 2.75) is 19.9 Å². The van der Waals surface area contributed by atoms with Gasteiger partial charge in [-0.15, -0.1) is 0 Å². The number of carbonyl (C=O) groups excluding carboxylic acids is 1. The van der Waals surface area contributed by atoms with Crippen molar-refractivity contribution >= 4 is 17.3 Å². The van der Waals surface area contributed by atoms with Crippen LogP contribution in [0.3, 0.4) is 0 Å². The Morgan fingerprint density at radius 2 is 1.89 bits per heavy atom. The van der Waals surface area contributed by atoms with Crippen LogP contribution in [0, 0.1) is 5.92 Å². The van der Waals surface area contributed by atoms with E-state index in [1.54, 1.807) is 0 Å². The minimum atomic E-state index is -0.151. The highest BCUT2D eigenvalue weighted by Crippen LogP contribution is 2.34. The second-order valence-corrected chi connectivity index (χ2v) is 5.14. The van der Waals surface area contributed by atoms with Crippen LogP contribution >= 0.6 is 0 Å². The number of hydrogen-bond acceptors (Lipinski definition) is 4. The number of nitrogens with two attached hydrogens (primary N) is 1. The smallest absolute Gasteiger partial charge is 0.238 e. The number of hydrazine groups is 1. The van der Waals surface area contributed by atoms with Crippen LogP contribution in [0.4, 0.5) is 11.4 Å². The van der Waals surface area contributed by atoms with Crippen molar-refractivity contribution in [2.24, 2.45) is 11.8 Å². The van der Waals surface area contributed by atoms with E-state index in [-0.39, 0.29) is 17.9 Å². The van der Waals surface area contributed by atoms with Crippen molar-refractivity contribution in [3.8, 4) is 0 Å². The third kappa shape index (κ3) is 2.51. The zero-order chi connectivity index (χ0) is 14.0. The van der Waals surface area contributed by atoms with Gasteiger partial charge in [0, 0.05) is 26.2 Å². The maximum absolute atomic E-state index is 11.7. The highest BCUT2D eigenvalue weighted by molar-refractivity contribution is 5.80. The standard InChI is InChI=1S/C14H22N4O/c1-10(14(19)16-15)11(2)18-9-8-17(3)12-6-4-5-7-13(12)18/h4-7,10-11H,8-9,15H2,1-3H3,(H,16,19). The molecule has 5 nitrogen and oxygen atoms in total. The van der Waals surface area contributed by atoms with Crippen LogP contribution in [-0.2, 0) is 4.79 Å². The molecule has 0 radical (unpaired) electrons. The minimum Gasteiger partial charge on any atom is -0.371 e. The number of rotatable bonds is 3. The van der Waals surface area contributed by atoms with Gasteiger partial charge in [0.05, 0.1) is 17.3 Å². The summed E-state index contributed by atoms with van der Waals surface area (Å²) in [6.07, 6.45) is 0. The van der Waals surface area contributed by atoms with Crippen molar-refractivity contribution in [2.75, 3.05) is 29.9 Å². The number of nitrogens with zero attached hydrogens (tertiary/aromatic N) is 2. The van der Waals surface area contributed by atoms with Gasteiger partial charge in [-0.1, -0.05) is 19.1 Å².